The van der Waals surface area contributed by atoms with Crippen molar-refractivity contribution in [2.75, 3.05) is 0 Å². The third-order valence-electron chi connectivity index (χ3n) is 3.12. The van der Waals surface area contributed by atoms with Gasteiger partial charge in [-0.1, -0.05) is 43.5 Å². The SMILES string of the molecule is CCCC(CC)NC(C)c1cc(F)c(Cl)cc1Cl. The van der Waals surface area contributed by atoms with E-state index in [4.69, 9.17) is 23.2 Å². The Labute approximate surface area is 119 Å². The largest absolute Gasteiger partial charge is 0.307 e. The summed E-state index contributed by atoms with van der Waals surface area (Å²) in [6, 6.07) is 3.33. The summed E-state index contributed by atoms with van der Waals surface area (Å²) in [5.41, 5.74) is 0.758. The van der Waals surface area contributed by atoms with Crippen LogP contribution in [-0.2, 0) is 0 Å². The van der Waals surface area contributed by atoms with E-state index in [9.17, 15) is 4.39 Å². The molecular formula is C14H20Cl2FN. The third kappa shape index (κ3) is 4.11. The van der Waals surface area contributed by atoms with E-state index in [1.807, 2.05) is 6.92 Å². The Morgan fingerprint density at radius 2 is 1.89 bits per heavy atom. The number of benzene rings is 1. The van der Waals surface area contributed by atoms with E-state index in [0.29, 0.717) is 11.1 Å². The molecule has 0 aliphatic rings. The Kier molecular flexibility index (Phi) is 6.40. The van der Waals surface area contributed by atoms with E-state index in [1.165, 1.54) is 12.1 Å². The standard InChI is InChI=1S/C14H20Cl2FN/c1-4-6-10(5-2)18-9(3)11-7-14(17)13(16)8-12(11)15/h7-10,18H,4-6H2,1-3H3. The van der Waals surface area contributed by atoms with Gasteiger partial charge in [0, 0.05) is 17.1 Å². The normalized spacial score (nSPS) is 14.6. The maximum Gasteiger partial charge on any atom is 0.142 e. The van der Waals surface area contributed by atoms with Crippen molar-refractivity contribution in [3.05, 3.63) is 33.6 Å². The molecule has 2 unspecified atom stereocenters. The molecule has 1 rings (SSSR count). The first-order chi connectivity index (χ1) is 8.49. The number of nitrogens with one attached hydrogen (secondary N) is 1. The van der Waals surface area contributed by atoms with Crippen LogP contribution in [0, 0.1) is 5.82 Å². The van der Waals surface area contributed by atoms with E-state index >= 15 is 0 Å². The molecule has 0 bridgehead atoms. The fraction of sp³-hybridized carbons (Fsp3) is 0.571. The van der Waals surface area contributed by atoms with E-state index in [0.717, 1.165) is 24.8 Å². The smallest absolute Gasteiger partial charge is 0.142 e. The Morgan fingerprint density at radius 3 is 2.44 bits per heavy atom. The summed E-state index contributed by atoms with van der Waals surface area (Å²) in [5.74, 6) is -0.423. The average molecular weight is 292 g/mol. The van der Waals surface area contributed by atoms with Crippen LogP contribution in [-0.4, -0.2) is 6.04 Å². The maximum absolute atomic E-state index is 13.5. The molecule has 2 atom stereocenters. The summed E-state index contributed by atoms with van der Waals surface area (Å²) in [7, 11) is 0. The molecule has 0 heterocycles. The molecule has 18 heavy (non-hydrogen) atoms. The van der Waals surface area contributed by atoms with E-state index in [-0.39, 0.29) is 11.1 Å². The van der Waals surface area contributed by atoms with Crippen LogP contribution in [0.25, 0.3) is 0 Å². The van der Waals surface area contributed by atoms with Crippen molar-refractivity contribution in [3.8, 4) is 0 Å². The molecule has 0 saturated carbocycles. The van der Waals surface area contributed by atoms with Gasteiger partial charge in [0.15, 0.2) is 0 Å². The molecule has 0 amide bonds. The van der Waals surface area contributed by atoms with Gasteiger partial charge in [-0.3, -0.25) is 0 Å². The zero-order valence-corrected chi connectivity index (χ0v) is 12.6. The van der Waals surface area contributed by atoms with Crippen molar-refractivity contribution in [1.29, 1.82) is 0 Å². The Balaban J connectivity index is 2.83. The molecule has 0 spiro atoms. The molecule has 0 aliphatic carbocycles. The van der Waals surface area contributed by atoms with Gasteiger partial charge in [0.05, 0.1) is 5.02 Å². The number of rotatable bonds is 6. The molecule has 102 valence electrons. The fourth-order valence-corrected chi connectivity index (χ4v) is 2.61. The predicted octanol–water partition coefficient (Wildman–Crippen LogP) is 5.36. The van der Waals surface area contributed by atoms with Gasteiger partial charge >= 0.3 is 0 Å². The summed E-state index contributed by atoms with van der Waals surface area (Å²) in [4.78, 5) is 0. The molecule has 0 radical (unpaired) electrons. The topological polar surface area (TPSA) is 12.0 Å². The lowest BCUT2D eigenvalue weighted by molar-refractivity contribution is 0.416. The van der Waals surface area contributed by atoms with Crippen LogP contribution in [0.15, 0.2) is 12.1 Å². The summed E-state index contributed by atoms with van der Waals surface area (Å²) >= 11 is 11.8. The summed E-state index contributed by atoms with van der Waals surface area (Å²) in [5, 5.41) is 4.05. The first-order valence-electron chi connectivity index (χ1n) is 6.40. The van der Waals surface area contributed by atoms with Crippen LogP contribution in [0.1, 0.15) is 51.6 Å². The molecule has 1 aromatic carbocycles. The highest BCUT2D eigenvalue weighted by Gasteiger charge is 2.16. The first kappa shape index (κ1) is 15.7. The minimum atomic E-state index is -0.423. The van der Waals surface area contributed by atoms with Gasteiger partial charge in [-0.15, -0.1) is 0 Å². The first-order valence-corrected chi connectivity index (χ1v) is 7.15. The van der Waals surface area contributed by atoms with E-state index < -0.39 is 5.82 Å². The van der Waals surface area contributed by atoms with Crippen molar-refractivity contribution < 1.29 is 4.39 Å². The van der Waals surface area contributed by atoms with Crippen molar-refractivity contribution in [2.24, 2.45) is 0 Å². The van der Waals surface area contributed by atoms with Gasteiger partial charge in [0.2, 0.25) is 0 Å². The zero-order chi connectivity index (χ0) is 13.7. The molecular weight excluding hydrogens is 272 g/mol. The number of halogens is 3. The van der Waals surface area contributed by atoms with Crippen molar-refractivity contribution >= 4 is 23.2 Å². The maximum atomic E-state index is 13.5. The fourth-order valence-electron chi connectivity index (χ4n) is 2.07. The van der Waals surface area contributed by atoms with Gasteiger partial charge in [-0.25, -0.2) is 4.39 Å². The number of hydrogen-bond donors (Lipinski definition) is 1. The second-order valence-electron chi connectivity index (χ2n) is 4.57. The van der Waals surface area contributed by atoms with Gasteiger partial charge in [0.1, 0.15) is 5.82 Å². The van der Waals surface area contributed by atoms with Crippen molar-refractivity contribution in [1.82, 2.24) is 5.32 Å². The molecule has 0 aliphatic heterocycles. The Morgan fingerprint density at radius 1 is 1.22 bits per heavy atom. The van der Waals surface area contributed by atoms with E-state index in [1.54, 1.807) is 0 Å². The monoisotopic (exact) mass is 291 g/mol. The van der Waals surface area contributed by atoms with Crippen LogP contribution in [0.5, 0.6) is 0 Å². The van der Waals surface area contributed by atoms with Crippen molar-refractivity contribution in [3.63, 3.8) is 0 Å². The highest BCUT2D eigenvalue weighted by Crippen LogP contribution is 2.29. The van der Waals surface area contributed by atoms with Crippen LogP contribution in [0.3, 0.4) is 0 Å². The Hall–Kier alpha value is -0.310. The van der Waals surface area contributed by atoms with Gasteiger partial charge in [-0.05, 0) is 37.5 Å². The second-order valence-corrected chi connectivity index (χ2v) is 5.38. The molecule has 0 aromatic heterocycles. The summed E-state index contributed by atoms with van der Waals surface area (Å²) in [6.07, 6.45) is 3.28. The molecule has 1 nitrogen and oxygen atoms in total. The molecule has 0 saturated heterocycles. The molecule has 0 fully saturated rings. The number of hydrogen-bond acceptors (Lipinski definition) is 1. The zero-order valence-electron chi connectivity index (χ0n) is 11.1. The minimum Gasteiger partial charge on any atom is -0.307 e. The van der Waals surface area contributed by atoms with Gasteiger partial charge in [-0.2, -0.15) is 0 Å². The van der Waals surface area contributed by atoms with Gasteiger partial charge < -0.3 is 5.32 Å². The lowest BCUT2D eigenvalue weighted by atomic mass is 10.0. The Bertz CT molecular complexity index is 396. The van der Waals surface area contributed by atoms with Crippen LogP contribution < -0.4 is 5.32 Å². The molecule has 1 N–H and O–H groups in total. The van der Waals surface area contributed by atoms with Gasteiger partial charge in [0.25, 0.3) is 0 Å². The van der Waals surface area contributed by atoms with Crippen LogP contribution in [0.4, 0.5) is 4.39 Å². The quantitative estimate of drug-likeness (QED) is 0.696. The van der Waals surface area contributed by atoms with E-state index in [2.05, 4.69) is 19.2 Å². The lowest BCUT2D eigenvalue weighted by Gasteiger charge is -2.23. The van der Waals surface area contributed by atoms with Crippen molar-refractivity contribution in [2.45, 2.75) is 52.1 Å². The van der Waals surface area contributed by atoms with Crippen LogP contribution >= 0.6 is 23.2 Å². The second kappa shape index (κ2) is 7.32. The highest BCUT2D eigenvalue weighted by molar-refractivity contribution is 6.35. The predicted molar refractivity (Wildman–Crippen MR) is 77.0 cm³/mol. The van der Waals surface area contributed by atoms with Crippen LogP contribution in [0.2, 0.25) is 10.0 Å². The molecule has 1 aromatic rings. The average Bonchev–Trinajstić information content (AvgIpc) is 2.33. The molecule has 4 heteroatoms. The lowest BCUT2D eigenvalue weighted by Crippen LogP contribution is -2.31. The minimum absolute atomic E-state index is 0.0146. The summed E-state index contributed by atoms with van der Waals surface area (Å²) in [6.45, 7) is 6.29. The highest BCUT2D eigenvalue weighted by atomic mass is 35.5. The third-order valence-corrected chi connectivity index (χ3v) is 3.74. The summed E-state index contributed by atoms with van der Waals surface area (Å²) < 4.78 is 13.5.